The molecule has 0 spiro atoms. The molecule has 1 aromatic heterocycles. The first-order valence-corrected chi connectivity index (χ1v) is 10.1. The van der Waals surface area contributed by atoms with Crippen LogP contribution in [0.4, 0.5) is 13.2 Å². The molecule has 1 aromatic carbocycles. The van der Waals surface area contributed by atoms with Crippen molar-refractivity contribution in [1.29, 1.82) is 0 Å². The Morgan fingerprint density at radius 1 is 1.19 bits per heavy atom. The van der Waals surface area contributed by atoms with E-state index in [9.17, 15) is 13.2 Å². The molecule has 2 unspecified atom stereocenters. The van der Waals surface area contributed by atoms with Crippen LogP contribution in [0.25, 0.3) is 0 Å². The number of hydrogen-bond acceptors (Lipinski definition) is 3. The SMILES string of the molecule is CC1(Sc2cccc(C(F)(F)F)c2)CCOC(c2ccc(C3CC3)cn2)C1. The first-order chi connectivity index (χ1) is 12.8. The zero-order chi connectivity index (χ0) is 19.1. The normalized spacial score (nSPS) is 26.1. The van der Waals surface area contributed by atoms with Crippen molar-refractivity contribution in [3.05, 3.63) is 59.4 Å². The topological polar surface area (TPSA) is 22.1 Å². The van der Waals surface area contributed by atoms with E-state index in [2.05, 4.69) is 18.0 Å². The van der Waals surface area contributed by atoms with Crippen LogP contribution in [0, 0.1) is 0 Å². The summed E-state index contributed by atoms with van der Waals surface area (Å²) in [6, 6.07) is 9.75. The third-order valence-electron chi connectivity index (χ3n) is 5.28. The summed E-state index contributed by atoms with van der Waals surface area (Å²) in [4.78, 5) is 5.24. The highest BCUT2D eigenvalue weighted by atomic mass is 32.2. The van der Waals surface area contributed by atoms with Gasteiger partial charge in [0.15, 0.2) is 0 Å². The van der Waals surface area contributed by atoms with Gasteiger partial charge in [0, 0.05) is 22.4 Å². The Morgan fingerprint density at radius 3 is 2.67 bits per heavy atom. The van der Waals surface area contributed by atoms with Crippen LogP contribution in [0.15, 0.2) is 47.5 Å². The molecule has 1 saturated carbocycles. The maximum Gasteiger partial charge on any atom is 0.416 e. The fraction of sp³-hybridized carbons (Fsp3) is 0.476. The molecule has 0 radical (unpaired) electrons. The molecule has 6 heteroatoms. The highest BCUT2D eigenvalue weighted by molar-refractivity contribution is 8.00. The number of aromatic nitrogens is 1. The van der Waals surface area contributed by atoms with Gasteiger partial charge in [0.05, 0.1) is 11.3 Å². The minimum atomic E-state index is -4.32. The first kappa shape index (κ1) is 18.8. The molecule has 2 aliphatic rings. The number of pyridine rings is 1. The molecule has 2 fully saturated rings. The van der Waals surface area contributed by atoms with Gasteiger partial charge in [-0.2, -0.15) is 13.2 Å². The van der Waals surface area contributed by atoms with Crippen LogP contribution in [0.2, 0.25) is 0 Å². The standard InChI is InChI=1S/C21H22F3NOS/c1-20(27-17-4-2-3-16(11-17)21(22,23)24)9-10-26-19(12-20)18-8-7-15(13-25-18)14-5-6-14/h2-4,7-8,11,13-14,19H,5-6,9-10,12H2,1H3. The molecule has 1 aliphatic heterocycles. The van der Waals surface area contributed by atoms with Gasteiger partial charge in [0.25, 0.3) is 0 Å². The van der Waals surface area contributed by atoms with E-state index >= 15 is 0 Å². The molecule has 0 amide bonds. The molecule has 1 saturated heterocycles. The zero-order valence-electron chi connectivity index (χ0n) is 15.1. The summed E-state index contributed by atoms with van der Waals surface area (Å²) in [7, 11) is 0. The molecule has 2 heterocycles. The summed E-state index contributed by atoms with van der Waals surface area (Å²) >= 11 is 1.51. The highest BCUT2D eigenvalue weighted by Gasteiger charge is 2.36. The number of rotatable bonds is 4. The number of alkyl halides is 3. The lowest BCUT2D eigenvalue weighted by Gasteiger charge is -2.37. The molecule has 2 nitrogen and oxygen atoms in total. The summed E-state index contributed by atoms with van der Waals surface area (Å²) < 4.78 is 44.7. The molecule has 27 heavy (non-hydrogen) atoms. The quantitative estimate of drug-likeness (QED) is 0.602. The number of halogens is 3. The Kier molecular flexibility index (Phi) is 4.97. The lowest BCUT2D eigenvalue weighted by Crippen LogP contribution is -2.32. The second-order valence-electron chi connectivity index (χ2n) is 7.68. The fourth-order valence-electron chi connectivity index (χ4n) is 3.54. The van der Waals surface area contributed by atoms with E-state index in [-0.39, 0.29) is 10.9 Å². The molecule has 2 aromatic rings. The summed E-state index contributed by atoms with van der Waals surface area (Å²) in [5.41, 5.74) is 1.60. The van der Waals surface area contributed by atoms with Crippen LogP contribution in [-0.4, -0.2) is 16.3 Å². The van der Waals surface area contributed by atoms with Crippen molar-refractivity contribution in [2.45, 2.75) is 60.4 Å². The lowest BCUT2D eigenvalue weighted by atomic mass is 9.94. The smallest absolute Gasteiger partial charge is 0.372 e. The monoisotopic (exact) mass is 393 g/mol. The third-order valence-corrected chi connectivity index (χ3v) is 6.63. The maximum atomic E-state index is 13.0. The summed E-state index contributed by atoms with van der Waals surface area (Å²) in [5, 5.41) is 0. The van der Waals surface area contributed by atoms with Gasteiger partial charge < -0.3 is 4.74 Å². The van der Waals surface area contributed by atoms with Crippen molar-refractivity contribution < 1.29 is 17.9 Å². The average molecular weight is 393 g/mol. The van der Waals surface area contributed by atoms with Crippen molar-refractivity contribution in [3.63, 3.8) is 0 Å². The Morgan fingerprint density at radius 2 is 2.00 bits per heavy atom. The van der Waals surface area contributed by atoms with Crippen molar-refractivity contribution in [2.24, 2.45) is 0 Å². The highest BCUT2D eigenvalue weighted by Crippen LogP contribution is 2.46. The second-order valence-corrected chi connectivity index (χ2v) is 9.34. The molecule has 0 N–H and O–H groups in total. The van der Waals surface area contributed by atoms with Crippen LogP contribution in [0.1, 0.15) is 61.4 Å². The Labute approximate surface area is 161 Å². The van der Waals surface area contributed by atoms with Gasteiger partial charge in [-0.3, -0.25) is 4.98 Å². The summed E-state index contributed by atoms with van der Waals surface area (Å²) in [5.74, 6) is 0.667. The molecule has 1 aliphatic carbocycles. The van der Waals surface area contributed by atoms with Gasteiger partial charge in [-0.05, 0) is 68.4 Å². The zero-order valence-corrected chi connectivity index (χ0v) is 15.9. The van der Waals surface area contributed by atoms with E-state index in [0.29, 0.717) is 17.4 Å². The van der Waals surface area contributed by atoms with Crippen molar-refractivity contribution in [1.82, 2.24) is 4.98 Å². The molecule has 2 atom stereocenters. The van der Waals surface area contributed by atoms with Crippen LogP contribution in [-0.2, 0) is 10.9 Å². The number of hydrogen-bond donors (Lipinski definition) is 0. The summed E-state index contributed by atoms with van der Waals surface area (Å²) in [6.45, 7) is 2.69. The number of ether oxygens (including phenoxy) is 1. The lowest BCUT2D eigenvalue weighted by molar-refractivity contribution is -0.137. The Hall–Kier alpha value is -1.53. The minimum Gasteiger partial charge on any atom is -0.372 e. The van der Waals surface area contributed by atoms with Gasteiger partial charge in [-0.15, -0.1) is 11.8 Å². The van der Waals surface area contributed by atoms with E-state index in [1.807, 2.05) is 12.3 Å². The molecule has 0 bridgehead atoms. The first-order valence-electron chi connectivity index (χ1n) is 9.26. The Bertz CT molecular complexity index is 804. The van der Waals surface area contributed by atoms with Crippen molar-refractivity contribution in [2.75, 3.05) is 6.61 Å². The fourth-order valence-corrected chi connectivity index (χ4v) is 4.86. The van der Waals surface area contributed by atoms with Gasteiger partial charge in [-0.25, -0.2) is 0 Å². The third kappa shape index (κ3) is 4.49. The van der Waals surface area contributed by atoms with Crippen molar-refractivity contribution in [3.8, 4) is 0 Å². The van der Waals surface area contributed by atoms with E-state index < -0.39 is 11.7 Å². The van der Waals surface area contributed by atoms with Crippen molar-refractivity contribution >= 4 is 11.8 Å². The number of thioether (sulfide) groups is 1. The molecule has 4 rings (SSSR count). The molecular formula is C21H22F3NOS. The van der Waals surface area contributed by atoms with E-state index in [0.717, 1.165) is 24.6 Å². The van der Waals surface area contributed by atoms with Crippen LogP contribution >= 0.6 is 11.8 Å². The van der Waals surface area contributed by atoms with E-state index in [1.54, 1.807) is 6.07 Å². The van der Waals surface area contributed by atoms with Crippen LogP contribution in [0.3, 0.4) is 0 Å². The maximum absolute atomic E-state index is 13.0. The second kappa shape index (κ2) is 7.13. The summed E-state index contributed by atoms with van der Waals surface area (Å²) in [6.07, 6.45) is 1.52. The minimum absolute atomic E-state index is 0.115. The van der Waals surface area contributed by atoms with Crippen LogP contribution < -0.4 is 0 Å². The van der Waals surface area contributed by atoms with Gasteiger partial charge in [-0.1, -0.05) is 12.1 Å². The predicted octanol–water partition coefficient (Wildman–Crippen LogP) is 6.38. The molecular weight excluding hydrogens is 371 g/mol. The van der Waals surface area contributed by atoms with Crippen LogP contribution in [0.5, 0.6) is 0 Å². The Balaban J connectivity index is 1.48. The molecule has 144 valence electrons. The van der Waals surface area contributed by atoms with E-state index in [1.165, 1.54) is 42.3 Å². The largest absolute Gasteiger partial charge is 0.416 e. The van der Waals surface area contributed by atoms with Gasteiger partial charge in [0.2, 0.25) is 0 Å². The van der Waals surface area contributed by atoms with Gasteiger partial charge >= 0.3 is 6.18 Å². The number of nitrogens with zero attached hydrogens (tertiary/aromatic N) is 1. The number of benzene rings is 1. The average Bonchev–Trinajstić information content (AvgIpc) is 3.46. The van der Waals surface area contributed by atoms with E-state index in [4.69, 9.17) is 4.74 Å². The van der Waals surface area contributed by atoms with Gasteiger partial charge in [0.1, 0.15) is 6.10 Å². The predicted molar refractivity (Wildman–Crippen MR) is 99.8 cm³/mol.